The van der Waals surface area contributed by atoms with E-state index in [-0.39, 0.29) is 47.0 Å². The van der Waals surface area contributed by atoms with Crippen molar-refractivity contribution in [3.8, 4) is 11.5 Å². The first-order chi connectivity index (χ1) is 28.6. The summed E-state index contributed by atoms with van der Waals surface area (Å²) in [5.41, 5.74) is 1.62. The zero-order valence-electron chi connectivity index (χ0n) is 37.2. The molecule has 326 valence electrons. The van der Waals surface area contributed by atoms with Crippen LogP contribution in [0.2, 0.25) is 25.7 Å². The van der Waals surface area contributed by atoms with Crippen LogP contribution in [-0.2, 0) is 27.9 Å². The molecule has 59 heavy (non-hydrogen) atoms. The van der Waals surface area contributed by atoms with Gasteiger partial charge in [0, 0.05) is 0 Å². The summed E-state index contributed by atoms with van der Waals surface area (Å²) in [6.07, 6.45) is 1.43. The van der Waals surface area contributed by atoms with Crippen molar-refractivity contribution in [1.82, 2.24) is 0 Å². The molecule has 1 heterocycles. The summed E-state index contributed by atoms with van der Waals surface area (Å²) in [7, 11) is -0.0668. The molecule has 0 amide bonds. The Kier molecular flexibility index (Phi) is 19.6. The molecule has 3 aromatic rings. The van der Waals surface area contributed by atoms with Crippen LogP contribution in [-0.4, -0.2) is 93.6 Å². The molecule has 0 spiro atoms. The summed E-state index contributed by atoms with van der Waals surface area (Å²) in [6, 6.07) is 23.9. The van der Waals surface area contributed by atoms with E-state index in [0.29, 0.717) is 61.5 Å². The van der Waals surface area contributed by atoms with Gasteiger partial charge in [0.25, 0.3) is 0 Å². The zero-order chi connectivity index (χ0) is 43.7. The first-order valence-electron chi connectivity index (χ1n) is 21.1. The number of esters is 2. The van der Waals surface area contributed by atoms with Crippen LogP contribution < -0.4 is 13.9 Å². The average molecular weight is 938 g/mol. The molecule has 4 rings (SSSR count). The second-order valence-electron chi connectivity index (χ2n) is 16.6. The predicted octanol–water partition coefficient (Wildman–Crippen LogP) is 9.81. The molecule has 1 aliphatic heterocycles. The van der Waals surface area contributed by atoms with E-state index < -0.39 is 44.1 Å². The van der Waals surface area contributed by atoms with Gasteiger partial charge in [-0.1, -0.05) is 0 Å². The molecule has 7 atom stereocenters. The van der Waals surface area contributed by atoms with Crippen LogP contribution in [0.4, 0.5) is 0 Å². The van der Waals surface area contributed by atoms with Gasteiger partial charge in [0.2, 0.25) is 0 Å². The molecule has 0 saturated carbocycles. The summed E-state index contributed by atoms with van der Waals surface area (Å²) in [5, 5.41) is 0. The molecule has 1 fully saturated rings. The summed E-state index contributed by atoms with van der Waals surface area (Å²) in [4.78, 5) is 27.8. The second-order valence-corrected chi connectivity index (χ2v) is 25.8. The monoisotopic (exact) mass is 938 g/mol. The Hall–Kier alpha value is -2.44. The van der Waals surface area contributed by atoms with Crippen molar-refractivity contribution in [3.05, 3.63) is 89.5 Å². The maximum absolute atomic E-state index is 14.3. The van der Waals surface area contributed by atoms with Gasteiger partial charge in [-0.05, 0) is 8.39 Å². The van der Waals surface area contributed by atoms with Crippen molar-refractivity contribution >= 4 is 59.5 Å². The van der Waals surface area contributed by atoms with E-state index in [1.165, 1.54) is 0 Å². The molecule has 0 radical (unpaired) electrons. The number of methoxy groups -OCH3 is 1. The van der Waals surface area contributed by atoms with Gasteiger partial charge in [0.05, 0.1) is 1.28 Å². The summed E-state index contributed by atoms with van der Waals surface area (Å²) in [6.45, 7) is 17.5. The van der Waals surface area contributed by atoms with Gasteiger partial charge in [-0.2, -0.15) is 0 Å². The average Bonchev–Trinajstić information content (AvgIpc) is 3.54. The van der Waals surface area contributed by atoms with Crippen LogP contribution in [0.1, 0.15) is 97.8 Å². The van der Waals surface area contributed by atoms with Crippen molar-refractivity contribution in [2.24, 2.45) is 5.92 Å². The van der Waals surface area contributed by atoms with E-state index in [2.05, 4.69) is 45.6 Å². The topological polar surface area (TPSA) is 108 Å². The fourth-order valence-corrected chi connectivity index (χ4v) is 10.8. The minimum atomic E-state index is -1.50. The molecule has 14 heteroatoms. The molecule has 3 unspecified atom stereocenters. The van der Waals surface area contributed by atoms with Crippen LogP contribution in [0.15, 0.2) is 72.8 Å². The van der Waals surface area contributed by atoms with E-state index >= 15 is 0 Å². The van der Waals surface area contributed by atoms with Gasteiger partial charge in [-0.15, -0.1) is 0 Å². The summed E-state index contributed by atoms with van der Waals surface area (Å²) < 4.78 is 57.9. The van der Waals surface area contributed by atoms with E-state index in [1.54, 1.807) is 25.3 Å². The first kappa shape index (κ1) is 47.6. The van der Waals surface area contributed by atoms with Crippen LogP contribution in [0, 0.1) is 5.92 Å². The molecule has 0 aliphatic carbocycles. The molecule has 1 aliphatic rings. The van der Waals surface area contributed by atoms with Gasteiger partial charge in [0.1, 0.15) is 0 Å². The Morgan fingerprint density at radius 2 is 1.66 bits per heavy atom. The van der Waals surface area contributed by atoms with Crippen LogP contribution in [0.5, 0.6) is 11.5 Å². The fourth-order valence-electron chi connectivity index (χ4n) is 6.71. The van der Waals surface area contributed by atoms with E-state index in [4.69, 9.17) is 38.6 Å². The number of carbonyl (C=O) groups is 2. The normalized spacial score (nSPS) is 18.8. The van der Waals surface area contributed by atoms with Crippen molar-refractivity contribution in [2.75, 3.05) is 27.1 Å². The van der Waals surface area contributed by atoms with Crippen molar-refractivity contribution in [1.29, 1.82) is 1.28 Å². The Bertz CT molecular complexity index is 1760. The standard InChI is InChI=1S/C45H65O10PSSeSi/c1-10-25-49-34-28-36(41(39(29-34)51-30-48-6)44(47)50-26-27-59(7,8)9)40(58-35-19-15-12-16-20-35)24-23-38-42(54-45(4,5)53-38)37(22-21-31(2)32(3)55-57-56)52-43(46)33-17-13-11-14-18-33/h11-20,28-29,31-32,37-38,40,42H,10,21-27,30,56H2,1-9H3/t31-,32+,37?,38+,40?,42-/m1/s1/i56T/t31-,32+,37?,38+,40?,42-,56?. The van der Waals surface area contributed by atoms with E-state index in [1.807, 2.05) is 63.2 Å². The number of benzene rings is 3. The van der Waals surface area contributed by atoms with E-state index in [9.17, 15) is 9.59 Å². The van der Waals surface area contributed by atoms with E-state index in [0.717, 1.165) is 34.2 Å². The van der Waals surface area contributed by atoms with Crippen molar-refractivity contribution < 1.29 is 46.9 Å². The van der Waals surface area contributed by atoms with Gasteiger partial charge in [-0.3, -0.25) is 0 Å². The maximum atomic E-state index is 14.3. The Labute approximate surface area is 367 Å². The number of ether oxygens (including phenoxy) is 7. The van der Waals surface area contributed by atoms with Crippen LogP contribution in [0.25, 0.3) is 0 Å². The van der Waals surface area contributed by atoms with Gasteiger partial charge < -0.3 is 0 Å². The van der Waals surface area contributed by atoms with Crippen LogP contribution in [0.3, 0.4) is 0 Å². The molecular formula is C45H65O10PSSeSi. The number of hydrogen-bond donors (Lipinski definition) is 0. The third-order valence-electron chi connectivity index (χ3n) is 10.0. The molecule has 0 N–H and O–H groups in total. The van der Waals surface area contributed by atoms with Crippen LogP contribution >= 0.6 is 20.0 Å². The quantitative estimate of drug-likeness (QED) is 0.0253. The fraction of sp³-hybridized carbons (Fsp3) is 0.556. The zero-order valence-corrected chi connectivity index (χ0v) is 40.7. The summed E-state index contributed by atoms with van der Waals surface area (Å²) in [5.74, 6) is -0.724. The Morgan fingerprint density at radius 1 is 0.949 bits per heavy atom. The Morgan fingerprint density at radius 3 is 2.32 bits per heavy atom. The molecule has 0 bridgehead atoms. The third-order valence-corrected chi connectivity index (χ3v) is 15.2. The third kappa shape index (κ3) is 16.1. The molecule has 0 aromatic heterocycles. The molecule has 10 nitrogen and oxygen atoms in total. The second kappa shape index (κ2) is 24.3. The van der Waals surface area contributed by atoms with Crippen molar-refractivity contribution in [2.45, 2.75) is 127 Å². The minimum absolute atomic E-state index is 0.0552. The molecular weight excluding hydrogens is 871 g/mol. The summed E-state index contributed by atoms with van der Waals surface area (Å²) >= 11 is 0.990. The number of hydrogen-bond acceptors (Lipinski definition) is 11. The van der Waals surface area contributed by atoms with Crippen molar-refractivity contribution in [3.63, 3.8) is 0 Å². The van der Waals surface area contributed by atoms with Gasteiger partial charge in [-0.25, -0.2) is 0 Å². The predicted molar refractivity (Wildman–Crippen MR) is 243 cm³/mol. The number of carbonyl (C=O) groups excluding carboxylic acids is 2. The Balaban J connectivity index is 1.74. The SMILES string of the molecule is [3H]PSO[C@@H](C)[C@H](C)CCC(OC(=O)c1ccccc1)[C@H]1OC(C)(C)O[C@H]1CCC([Se]c1ccccc1)c1cc(OCCC)cc(OCOC)c1C(=O)OCC[Si](C)(C)C. The molecule has 1 saturated heterocycles. The molecule has 3 aromatic carbocycles. The van der Waals surface area contributed by atoms with Gasteiger partial charge in [0.15, 0.2) is 0 Å². The van der Waals surface area contributed by atoms with Gasteiger partial charge >= 0.3 is 359 Å². The first-order valence-corrected chi connectivity index (χ1v) is 28.1. The number of rotatable bonds is 26.